The van der Waals surface area contributed by atoms with Crippen molar-refractivity contribution in [3.8, 4) is 11.5 Å². The van der Waals surface area contributed by atoms with Crippen molar-refractivity contribution in [2.24, 2.45) is 0 Å². The van der Waals surface area contributed by atoms with Crippen LogP contribution in [0.25, 0.3) is 11.5 Å². The summed E-state index contributed by atoms with van der Waals surface area (Å²) in [6.45, 7) is 3.70. The Hall–Kier alpha value is -2.67. The number of nitrogens with one attached hydrogen (secondary N) is 1. The Balaban J connectivity index is 1.95. The molecule has 0 bridgehead atoms. The molecular weight excluding hydrogens is 326 g/mol. The van der Waals surface area contributed by atoms with Crippen molar-refractivity contribution < 1.29 is 12.8 Å². The van der Waals surface area contributed by atoms with E-state index in [1.54, 1.807) is 43.3 Å². The maximum absolute atomic E-state index is 12.6. The summed E-state index contributed by atoms with van der Waals surface area (Å²) >= 11 is 0. The maximum Gasteiger partial charge on any atom is 0.261 e. The molecule has 0 aliphatic heterocycles. The summed E-state index contributed by atoms with van der Waals surface area (Å²) in [5, 5.41) is 7.73. The number of nitrogens with zero attached hydrogens (tertiary/aromatic N) is 2. The van der Waals surface area contributed by atoms with E-state index in [-0.39, 0.29) is 10.8 Å². The van der Waals surface area contributed by atoms with Gasteiger partial charge in [-0.3, -0.25) is 4.72 Å². The number of para-hydroxylation sites is 1. The van der Waals surface area contributed by atoms with Gasteiger partial charge in [0.15, 0.2) is 0 Å². The molecule has 0 spiro atoms. The Morgan fingerprint density at radius 3 is 2.38 bits per heavy atom. The largest absolute Gasteiger partial charge is 0.421 e. The summed E-state index contributed by atoms with van der Waals surface area (Å²) in [6, 6.07) is 13.7. The van der Waals surface area contributed by atoms with Crippen molar-refractivity contribution in [3.05, 3.63) is 60.0 Å². The number of aryl methyl sites for hydroxylation is 2. The minimum Gasteiger partial charge on any atom is -0.421 e. The predicted molar refractivity (Wildman–Crippen MR) is 91.1 cm³/mol. The van der Waals surface area contributed by atoms with Crippen LogP contribution in [-0.4, -0.2) is 18.6 Å². The average molecular weight is 343 g/mol. The summed E-state index contributed by atoms with van der Waals surface area (Å²) in [5.74, 6) is 0.685. The molecule has 7 heteroatoms. The molecule has 0 unspecified atom stereocenters. The van der Waals surface area contributed by atoms with E-state index >= 15 is 0 Å². The van der Waals surface area contributed by atoms with E-state index < -0.39 is 10.0 Å². The lowest BCUT2D eigenvalue weighted by Gasteiger charge is -2.11. The number of rotatable bonds is 5. The fourth-order valence-electron chi connectivity index (χ4n) is 2.27. The van der Waals surface area contributed by atoms with E-state index in [0.717, 1.165) is 12.0 Å². The summed E-state index contributed by atoms with van der Waals surface area (Å²) in [7, 11) is -3.70. The lowest BCUT2D eigenvalue weighted by atomic mass is 10.2. The van der Waals surface area contributed by atoms with Crippen molar-refractivity contribution in [1.29, 1.82) is 0 Å². The number of benzene rings is 2. The first kappa shape index (κ1) is 16.2. The third-order valence-electron chi connectivity index (χ3n) is 3.57. The summed E-state index contributed by atoms with van der Waals surface area (Å²) in [4.78, 5) is 0.205. The summed E-state index contributed by atoms with van der Waals surface area (Å²) < 4.78 is 33.2. The van der Waals surface area contributed by atoms with Gasteiger partial charge in [-0.1, -0.05) is 31.2 Å². The number of hydrogen-bond donors (Lipinski definition) is 1. The monoisotopic (exact) mass is 343 g/mol. The highest BCUT2D eigenvalue weighted by molar-refractivity contribution is 7.92. The molecule has 0 saturated heterocycles. The normalized spacial score (nSPS) is 11.4. The molecule has 0 fully saturated rings. The zero-order chi connectivity index (χ0) is 17.2. The fourth-order valence-corrected chi connectivity index (χ4v) is 3.35. The van der Waals surface area contributed by atoms with E-state index in [0.29, 0.717) is 17.1 Å². The summed E-state index contributed by atoms with van der Waals surface area (Å²) in [5.41, 5.74) is 2.00. The van der Waals surface area contributed by atoms with Crippen LogP contribution in [0.15, 0.2) is 57.8 Å². The molecule has 0 atom stereocenters. The van der Waals surface area contributed by atoms with Gasteiger partial charge < -0.3 is 4.42 Å². The van der Waals surface area contributed by atoms with Crippen LogP contribution in [0.4, 0.5) is 5.69 Å². The Kier molecular flexibility index (Phi) is 4.35. The van der Waals surface area contributed by atoms with Gasteiger partial charge in [-0.15, -0.1) is 10.2 Å². The van der Waals surface area contributed by atoms with Gasteiger partial charge in [0.25, 0.3) is 10.0 Å². The van der Waals surface area contributed by atoms with Crippen molar-refractivity contribution in [2.75, 3.05) is 4.72 Å². The van der Waals surface area contributed by atoms with Crippen LogP contribution in [0.2, 0.25) is 0 Å². The Morgan fingerprint density at radius 1 is 1.04 bits per heavy atom. The molecule has 3 aromatic rings. The first-order valence-electron chi connectivity index (χ1n) is 7.51. The molecule has 124 valence electrons. The van der Waals surface area contributed by atoms with E-state index in [2.05, 4.69) is 14.9 Å². The molecule has 24 heavy (non-hydrogen) atoms. The van der Waals surface area contributed by atoms with Crippen LogP contribution in [0.5, 0.6) is 0 Å². The van der Waals surface area contributed by atoms with Crippen molar-refractivity contribution >= 4 is 15.7 Å². The number of aromatic nitrogens is 2. The minimum absolute atomic E-state index is 0.205. The Bertz CT molecular complexity index is 947. The Morgan fingerprint density at radius 2 is 1.75 bits per heavy atom. The molecule has 0 radical (unpaired) electrons. The molecule has 1 heterocycles. The van der Waals surface area contributed by atoms with Crippen LogP contribution in [0.3, 0.4) is 0 Å². The van der Waals surface area contributed by atoms with Gasteiger partial charge in [-0.05, 0) is 36.2 Å². The second kappa shape index (κ2) is 6.45. The molecular formula is C17H17N3O3S. The van der Waals surface area contributed by atoms with Crippen molar-refractivity contribution in [2.45, 2.75) is 25.2 Å². The predicted octanol–water partition coefficient (Wildman–Crippen LogP) is 3.41. The highest BCUT2D eigenvalue weighted by Crippen LogP contribution is 2.28. The number of sulfonamides is 1. The first-order chi connectivity index (χ1) is 11.5. The molecule has 1 N–H and O–H groups in total. The van der Waals surface area contributed by atoms with E-state index in [1.165, 1.54) is 0 Å². The maximum atomic E-state index is 12.6. The Labute approximate surface area is 140 Å². The van der Waals surface area contributed by atoms with Crippen molar-refractivity contribution in [3.63, 3.8) is 0 Å². The molecule has 0 aliphatic carbocycles. The van der Waals surface area contributed by atoms with E-state index in [1.807, 2.05) is 19.1 Å². The summed E-state index contributed by atoms with van der Waals surface area (Å²) in [6.07, 6.45) is 0.854. The van der Waals surface area contributed by atoms with Gasteiger partial charge in [0.05, 0.1) is 16.1 Å². The van der Waals surface area contributed by atoms with Crippen LogP contribution in [0, 0.1) is 6.92 Å². The molecule has 0 aliphatic rings. The zero-order valence-electron chi connectivity index (χ0n) is 13.4. The van der Waals surface area contributed by atoms with Gasteiger partial charge in [-0.25, -0.2) is 8.42 Å². The molecule has 2 aromatic carbocycles. The SMILES string of the molecule is CCc1ccc(S(=O)(=O)Nc2ccccc2-c2nnc(C)o2)cc1. The second-order valence-corrected chi connectivity index (χ2v) is 6.96. The molecule has 0 saturated carbocycles. The molecule has 1 aromatic heterocycles. The highest BCUT2D eigenvalue weighted by atomic mass is 32.2. The smallest absolute Gasteiger partial charge is 0.261 e. The molecule has 6 nitrogen and oxygen atoms in total. The second-order valence-electron chi connectivity index (χ2n) is 5.27. The third kappa shape index (κ3) is 3.30. The van der Waals surface area contributed by atoms with Crippen LogP contribution in [0.1, 0.15) is 18.4 Å². The quantitative estimate of drug-likeness (QED) is 0.767. The lowest BCUT2D eigenvalue weighted by molar-refractivity contribution is 0.533. The lowest BCUT2D eigenvalue weighted by Crippen LogP contribution is -2.13. The van der Waals surface area contributed by atoms with Crippen LogP contribution >= 0.6 is 0 Å². The topological polar surface area (TPSA) is 85.1 Å². The van der Waals surface area contributed by atoms with Gasteiger partial charge in [0.1, 0.15) is 0 Å². The standard InChI is InChI=1S/C17H17N3O3S/c1-3-13-8-10-14(11-9-13)24(21,22)20-16-7-5-4-6-15(16)17-19-18-12(2)23-17/h4-11,20H,3H2,1-2H3. The molecule has 3 rings (SSSR count). The zero-order valence-corrected chi connectivity index (χ0v) is 14.2. The highest BCUT2D eigenvalue weighted by Gasteiger charge is 2.18. The van der Waals surface area contributed by atoms with E-state index in [4.69, 9.17) is 4.42 Å². The molecule has 0 amide bonds. The van der Waals surface area contributed by atoms with Crippen LogP contribution < -0.4 is 4.72 Å². The van der Waals surface area contributed by atoms with Gasteiger partial charge >= 0.3 is 0 Å². The van der Waals surface area contributed by atoms with Gasteiger partial charge in [-0.2, -0.15) is 0 Å². The van der Waals surface area contributed by atoms with E-state index in [9.17, 15) is 8.42 Å². The van der Waals surface area contributed by atoms with Crippen LogP contribution in [-0.2, 0) is 16.4 Å². The van der Waals surface area contributed by atoms with Crippen molar-refractivity contribution in [1.82, 2.24) is 10.2 Å². The minimum atomic E-state index is -3.70. The van der Waals surface area contributed by atoms with Gasteiger partial charge in [0, 0.05) is 6.92 Å². The average Bonchev–Trinajstić information content (AvgIpc) is 3.01. The number of anilines is 1. The first-order valence-corrected chi connectivity index (χ1v) is 8.99. The fraction of sp³-hybridized carbons (Fsp3) is 0.176. The van der Waals surface area contributed by atoms with Gasteiger partial charge in [0.2, 0.25) is 11.8 Å². The number of hydrogen-bond acceptors (Lipinski definition) is 5. The third-order valence-corrected chi connectivity index (χ3v) is 4.95.